The van der Waals surface area contributed by atoms with E-state index in [-0.39, 0.29) is 0 Å². The van der Waals surface area contributed by atoms with Crippen LogP contribution in [0.2, 0.25) is 0 Å². The van der Waals surface area contributed by atoms with E-state index in [2.05, 4.69) is 6.92 Å². The summed E-state index contributed by atoms with van der Waals surface area (Å²) in [6.07, 6.45) is 0. The van der Waals surface area contributed by atoms with Crippen LogP contribution in [-0.2, 0) is 4.79 Å². The Balaban J connectivity index is 3.00. The Labute approximate surface area is 88.3 Å². The molecule has 0 amide bonds. The first-order chi connectivity index (χ1) is 6.66. The minimum atomic E-state index is -0.769. The third kappa shape index (κ3) is 2.51. The minimum absolute atomic E-state index is 0.426. The zero-order chi connectivity index (χ0) is 10.6. The summed E-state index contributed by atoms with van der Waals surface area (Å²) < 4.78 is 0. The maximum absolute atomic E-state index is 10.8. The molecule has 0 fully saturated rings. The molecule has 0 aromatic heterocycles. The molecule has 1 rings (SSSR count). The first kappa shape index (κ1) is 11.1. The Hall–Kier alpha value is -0.960. The van der Waals surface area contributed by atoms with Crippen molar-refractivity contribution in [3.63, 3.8) is 0 Å². The van der Waals surface area contributed by atoms with Gasteiger partial charge in [0, 0.05) is 4.90 Å². The van der Waals surface area contributed by atoms with Crippen molar-refractivity contribution in [3.05, 3.63) is 29.8 Å². The number of hydrogen-bond acceptors (Lipinski definition) is 2. The molecule has 1 aromatic carbocycles. The van der Waals surface area contributed by atoms with Gasteiger partial charge in [-0.15, -0.1) is 11.8 Å². The molecule has 0 saturated heterocycles. The highest BCUT2D eigenvalue weighted by atomic mass is 32.2. The van der Waals surface area contributed by atoms with E-state index >= 15 is 0 Å². The van der Waals surface area contributed by atoms with Crippen LogP contribution in [0, 0.1) is 0 Å². The molecule has 14 heavy (non-hydrogen) atoms. The minimum Gasteiger partial charge on any atom is -0.481 e. The van der Waals surface area contributed by atoms with Gasteiger partial charge in [-0.2, -0.15) is 0 Å². The van der Waals surface area contributed by atoms with Gasteiger partial charge in [-0.25, -0.2) is 0 Å². The molecule has 0 spiro atoms. The summed E-state index contributed by atoms with van der Waals surface area (Å²) in [6.45, 7) is 3.78. The topological polar surface area (TPSA) is 37.3 Å². The van der Waals surface area contributed by atoms with Crippen molar-refractivity contribution in [2.75, 3.05) is 5.75 Å². The van der Waals surface area contributed by atoms with Crippen molar-refractivity contribution in [1.29, 1.82) is 0 Å². The summed E-state index contributed by atoms with van der Waals surface area (Å²) >= 11 is 1.68. The second-order valence-corrected chi connectivity index (χ2v) is 4.34. The molecule has 3 heteroatoms. The van der Waals surface area contributed by atoms with Gasteiger partial charge in [0.05, 0.1) is 5.92 Å². The Morgan fingerprint density at radius 1 is 1.50 bits per heavy atom. The first-order valence-corrected chi connectivity index (χ1v) is 5.60. The Morgan fingerprint density at radius 2 is 2.14 bits per heavy atom. The fourth-order valence-electron chi connectivity index (χ4n) is 1.26. The molecular formula is C11H14O2S. The molecule has 1 N–H and O–H groups in total. The van der Waals surface area contributed by atoms with Crippen LogP contribution in [0.4, 0.5) is 0 Å². The van der Waals surface area contributed by atoms with Crippen LogP contribution in [0.5, 0.6) is 0 Å². The van der Waals surface area contributed by atoms with Crippen LogP contribution in [0.3, 0.4) is 0 Å². The predicted octanol–water partition coefficient (Wildman–Crippen LogP) is 2.99. The number of aliphatic carboxylic acids is 1. The molecule has 0 radical (unpaired) electrons. The van der Waals surface area contributed by atoms with Gasteiger partial charge >= 0.3 is 5.97 Å². The number of rotatable bonds is 4. The van der Waals surface area contributed by atoms with Crippen molar-refractivity contribution in [2.24, 2.45) is 0 Å². The van der Waals surface area contributed by atoms with Crippen molar-refractivity contribution in [2.45, 2.75) is 24.7 Å². The molecule has 0 saturated carbocycles. The lowest BCUT2D eigenvalue weighted by Crippen LogP contribution is -2.08. The maximum atomic E-state index is 10.8. The standard InChI is InChI=1S/C11H14O2S/c1-3-14-10-7-5-4-6-9(10)8(2)11(12)13/h4-8H,3H2,1-2H3,(H,12,13). The average molecular weight is 210 g/mol. The SMILES string of the molecule is CCSc1ccccc1C(C)C(=O)O. The summed E-state index contributed by atoms with van der Waals surface area (Å²) in [5.41, 5.74) is 0.909. The van der Waals surface area contributed by atoms with Crippen molar-refractivity contribution < 1.29 is 9.90 Å². The molecule has 1 atom stereocenters. The second kappa shape index (κ2) is 5.05. The van der Waals surface area contributed by atoms with E-state index < -0.39 is 11.9 Å². The molecule has 0 aliphatic heterocycles. The summed E-state index contributed by atoms with van der Waals surface area (Å²) in [5.74, 6) is -0.233. The van der Waals surface area contributed by atoms with Crippen LogP contribution in [-0.4, -0.2) is 16.8 Å². The highest BCUT2D eigenvalue weighted by Gasteiger charge is 2.16. The van der Waals surface area contributed by atoms with E-state index in [1.807, 2.05) is 24.3 Å². The van der Waals surface area contributed by atoms with E-state index in [0.717, 1.165) is 16.2 Å². The molecule has 2 nitrogen and oxygen atoms in total. The largest absolute Gasteiger partial charge is 0.481 e. The van der Waals surface area contributed by atoms with Crippen molar-refractivity contribution in [3.8, 4) is 0 Å². The lowest BCUT2D eigenvalue weighted by molar-refractivity contribution is -0.138. The van der Waals surface area contributed by atoms with Crippen LogP contribution in [0.1, 0.15) is 25.3 Å². The lowest BCUT2D eigenvalue weighted by Gasteiger charge is -2.11. The van der Waals surface area contributed by atoms with Gasteiger partial charge < -0.3 is 5.11 Å². The first-order valence-electron chi connectivity index (χ1n) is 4.61. The summed E-state index contributed by atoms with van der Waals surface area (Å²) in [7, 11) is 0. The van der Waals surface area contributed by atoms with E-state index in [1.54, 1.807) is 18.7 Å². The lowest BCUT2D eigenvalue weighted by atomic mass is 10.0. The van der Waals surface area contributed by atoms with Gasteiger partial charge in [0.25, 0.3) is 0 Å². The van der Waals surface area contributed by atoms with E-state index in [1.165, 1.54) is 0 Å². The van der Waals surface area contributed by atoms with E-state index in [0.29, 0.717) is 0 Å². The van der Waals surface area contributed by atoms with Gasteiger partial charge in [-0.3, -0.25) is 4.79 Å². The smallest absolute Gasteiger partial charge is 0.310 e. The predicted molar refractivity (Wildman–Crippen MR) is 58.9 cm³/mol. The molecule has 0 aliphatic carbocycles. The summed E-state index contributed by atoms with van der Waals surface area (Å²) in [4.78, 5) is 11.9. The maximum Gasteiger partial charge on any atom is 0.310 e. The number of carboxylic acids is 1. The summed E-state index contributed by atoms with van der Waals surface area (Å²) in [5, 5.41) is 8.92. The van der Waals surface area contributed by atoms with Crippen LogP contribution in [0.25, 0.3) is 0 Å². The van der Waals surface area contributed by atoms with Crippen LogP contribution in [0.15, 0.2) is 29.2 Å². The number of carbonyl (C=O) groups is 1. The Morgan fingerprint density at radius 3 is 2.71 bits per heavy atom. The number of carboxylic acid groups (broad SMARTS) is 1. The Kier molecular flexibility index (Phi) is 4.01. The highest BCUT2D eigenvalue weighted by Crippen LogP contribution is 2.28. The quantitative estimate of drug-likeness (QED) is 0.776. The molecule has 0 bridgehead atoms. The van der Waals surface area contributed by atoms with Crippen molar-refractivity contribution in [1.82, 2.24) is 0 Å². The summed E-state index contributed by atoms with van der Waals surface area (Å²) in [6, 6.07) is 7.68. The normalized spacial score (nSPS) is 12.4. The zero-order valence-electron chi connectivity index (χ0n) is 8.36. The molecule has 1 aromatic rings. The van der Waals surface area contributed by atoms with Crippen molar-refractivity contribution >= 4 is 17.7 Å². The number of thioether (sulfide) groups is 1. The molecule has 0 heterocycles. The zero-order valence-corrected chi connectivity index (χ0v) is 9.17. The van der Waals surface area contributed by atoms with Crippen LogP contribution < -0.4 is 0 Å². The van der Waals surface area contributed by atoms with E-state index in [9.17, 15) is 4.79 Å². The molecular weight excluding hydrogens is 196 g/mol. The van der Waals surface area contributed by atoms with Gasteiger partial charge in [-0.05, 0) is 24.3 Å². The Bertz CT molecular complexity index is 323. The van der Waals surface area contributed by atoms with Gasteiger partial charge in [0.2, 0.25) is 0 Å². The van der Waals surface area contributed by atoms with Gasteiger partial charge in [-0.1, -0.05) is 25.1 Å². The molecule has 1 unspecified atom stereocenters. The van der Waals surface area contributed by atoms with Gasteiger partial charge in [0.15, 0.2) is 0 Å². The average Bonchev–Trinajstić information content (AvgIpc) is 2.18. The van der Waals surface area contributed by atoms with Gasteiger partial charge in [0.1, 0.15) is 0 Å². The fraction of sp³-hybridized carbons (Fsp3) is 0.364. The second-order valence-electron chi connectivity index (χ2n) is 3.03. The third-order valence-electron chi connectivity index (χ3n) is 2.06. The molecule has 0 aliphatic rings. The van der Waals surface area contributed by atoms with E-state index in [4.69, 9.17) is 5.11 Å². The monoisotopic (exact) mass is 210 g/mol. The highest BCUT2D eigenvalue weighted by molar-refractivity contribution is 7.99. The number of benzene rings is 1. The van der Waals surface area contributed by atoms with Crippen LogP contribution >= 0.6 is 11.8 Å². The number of hydrogen-bond donors (Lipinski definition) is 1. The molecule has 76 valence electrons. The fourth-order valence-corrected chi connectivity index (χ4v) is 2.16. The third-order valence-corrected chi connectivity index (χ3v) is 3.03.